The Bertz CT molecular complexity index is 526. The average molecular weight is 241 g/mol. The normalized spacial score (nSPS) is 18.9. The summed E-state index contributed by atoms with van der Waals surface area (Å²) in [5, 5.41) is 9.19. The zero-order chi connectivity index (χ0) is 13.0. The fourth-order valence-electron chi connectivity index (χ4n) is 2.42. The molecule has 4 heteroatoms. The molecule has 1 fully saturated rings. The van der Waals surface area contributed by atoms with E-state index in [4.69, 9.17) is 0 Å². The minimum Gasteiger partial charge on any atom is -0.370 e. The van der Waals surface area contributed by atoms with Gasteiger partial charge in [0.15, 0.2) is 0 Å². The Morgan fingerprint density at radius 3 is 3.00 bits per heavy atom. The standard InChI is InChI=1S/C14H15N3O/c1-11-3-2-6-17(9-11)14-5-4-13(16-10-18)7-12(14)8-15/h4-5,7,11H,2-3,6,9H2,1H3. The van der Waals surface area contributed by atoms with Gasteiger partial charge in [0.25, 0.3) is 0 Å². The van der Waals surface area contributed by atoms with Crippen molar-refractivity contribution in [3.8, 4) is 6.07 Å². The summed E-state index contributed by atoms with van der Waals surface area (Å²) < 4.78 is 0. The van der Waals surface area contributed by atoms with E-state index in [1.54, 1.807) is 12.1 Å². The summed E-state index contributed by atoms with van der Waals surface area (Å²) in [6.07, 6.45) is 3.89. The Morgan fingerprint density at radius 1 is 1.50 bits per heavy atom. The number of aliphatic imine (C=N–C) groups is 1. The molecule has 1 saturated heterocycles. The maximum atomic E-state index is 10.2. The number of piperidine rings is 1. The van der Waals surface area contributed by atoms with Crippen LogP contribution < -0.4 is 4.90 Å². The highest BCUT2D eigenvalue weighted by molar-refractivity contribution is 5.65. The molecule has 0 amide bonds. The summed E-state index contributed by atoms with van der Waals surface area (Å²) in [7, 11) is 0. The van der Waals surface area contributed by atoms with Crippen LogP contribution in [0.25, 0.3) is 0 Å². The molecule has 4 nitrogen and oxygen atoms in total. The highest BCUT2D eigenvalue weighted by Gasteiger charge is 2.19. The van der Waals surface area contributed by atoms with Gasteiger partial charge in [-0.25, -0.2) is 4.79 Å². The largest absolute Gasteiger partial charge is 0.370 e. The second-order valence-electron chi connectivity index (χ2n) is 4.71. The lowest BCUT2D eigenvalue weighted by Gasteiger charge is -2.33. The third-order valence-electron chi connectivity index (χ3n) is 3.27. The highest BCUT2D eigenvalue weighted by atomic mass is 16.1. The van der Waals surface area contributed by atoms with Crippen LogP contribution in [0.1, 0.15) is 25.3 Å². The monoisotopic (exact) mass is 241 g/mol. The van der Waals surface area contributed by atoms with E-state index in [-0.39, 0.29) is 0 Å². The Labute approximate surface area is 107 Å². The molecule has 0 spiro atoms. The summed E-state index contributed by atoms with van der Waals surface area (Å²) in [4.78, 5) is 16.0. The lowest BCUT2D eigenvalue weighted by atomic mass is 9.99. The second kappa shape index (κ2) is 5.48. The minimum atomic E-state index is 0.482. The number of nitriles is 1. The van der Waals surface area contributed by atoms with Crippen molar-refractivity contribution in [2.75, 3.05) is 18.0 Å². The van der Waals surface area contributed by atoms with Gasteiger partial charge in [-0.1, -0.05) is 6.92 Å². The van der Waals surface area contributed by atoms with Crippen LogP contribution in [0.15, 0.2) is 23.2 Å². The number of benzene rings is 1. The number of isocyanates is 1. The molecule has 1 unspecified atom stereocenters. The number of nitrogens with zero attached hydrogens (tertiary/aromatic N) is 3. The minimum absolute atomic E-state index is 0.482. The van der Waals surface area contributed by atoms with Crippen LogP contribution in [0.5, 0.6) is 0 Å². The van der Waals surface area contributed by atoms with Crippen LogP contribution in [0, 0.1) is 17.2 Å². The van der Waals surface area contributed by atoms with Crippen molar-refractivity contribution in [3.63, 3.8) is 0 Å². The zero-order valence-corrected chi connectivity index (χ0v) is 10.4. The smallest absolute Gasteiger partial charge is 0.240 e. The quantitative estimate of drug-likeness (QED) is 0.591. The Kier molecular flexibility index (Phi) is 3.76. The molecule has 0 bridgehead atoms. The van der Waals surface area contributed by atoms with Gasteiger partial charge in [0.05, 0.1) is 16.9 Å². The van der Waals surface area contributed by atoms with Crippen LogP contribution in [0.2, 0.25) is 0 Å². The molecular weight excluding hydrogens is 226 g/mol. The van der Waals surface area contributed by atoms with Crippen molar-refractivity contribution in [2.45, 2.75) is 19.8 Å². The fraction of sp³-hybridized carbons (Fsp3) is 0.429. The van der Waals surface area contributed by atoms with E-state index in [1.165, 1.54) is 12.5 Å². The summed E-state index contributed by atoms with van der Waals surface area (Å²) in [6.45, 7) is 4.18. The Hall–Kier alpha value is -2.11. The van der Waals surface area contributed by atoms with Gasteiger partial charge in [-0.3, -0.25) is 0 Å². The van der Waals surface area contributed by atoms with E-state index in [0.29, 0.717) is 17.2 Å². The number of anilines is 1. The molecule has 1 heterocycles. The maximum Gasteiger partial charge on any atom is 0.240 e. The van der Waals surface area contributed by atoms with Crippen LogP contribution in [0.3, 0.4) is 0 Å². The first-order chi connectivity index (χ1) is 8.74. The van der Waals surface area contributed by atoms with Crippen molar-refractivity contribution >= 4 is 17.5 Å². The van der Waals surface area contributed by atoms with Gasteiger partial charge in [-0.2, -0.15) is 10.3 Å². The predicted octanol–water partition coefficient (Wildman–Crippen LogP) is 2.76. The molecular formula is C14H15N3O. The van der Waals surface area contributed by atoms with Gasteiger partial charge in [0.2, 0.25) is 6.08 Å². The van der Waals surface area contributed by atoms with E-state index < -0.39 is 0 Å². The van der Waals surface area contributed by atoms with Crippen LogP contribution in [-0.4, -0.2) is 19.2 Å². The van der Waals surface area contributed by atoms with Crippen molar-refractivity contribution in [1.29, 1.82) is 5.26 Å². The van der Waals surface area contributed by atoms with Gasteiger partial charge < -0.3 is 4.90 Å². The Morgan fingerprint density at radius 2 is 2.33 bits per heavy atom. The predicted molar refractivity (Wildman–Crippen MR) is 69.5 cm³/mol. The van der Waals surface area contributed by atoms with E-state index in [0.717, 1.165) is 25.2 Å². The van der Waals surface area contributed by atoms with E-state index in [9.17, 15) is 10.1 Å². The summed E-state index contributed by atoms with van der Waals surface area (Å²) in [6, 6.07) is 7.43. The average Bonchev–Trinajstić information content (AvgIpc) is 2.39. The van der Waals surface area contributed by atoms with Crippen LogP contribution in [0.4, 0.5) is 11.4 Å². The van der Waals surface area contributed by atoms with E-state index in [1.807, 2.05) is 6.07 Å². The van der Waals surface area contributed by atoms with Crippen LogP contribution in [-0.2, 0) is 4.79 Å². The summed E-state index contributed by atoms with van der Waals surface area (Å²) in [5.74, 6) is 0.651. The van der Waals surface area contributed by atoms with Crippen molar-refractivity contribution < 1.29 is 4.79 Å². The van der Waals surface area contributed by atoms with E-state index in [2.05, 4.69) is 22.9 Å². The molecule has 1 aliphatic heterocycles. The molecule has 1 aromatic rings. The van der Waals surface area contributed by atoms with Gasteiger partial charge in [-0.15, -0.1) is 0 Å². The molecule has 2 rings (SSSR count). The molecule has 0 N–H and O–H groups in total. The lowest BCUT2D eigenvalue weighted by Crippen LogP contribution is -2.34. The fourth-order valence-corrected chi connectivity index (χ4v) is 2.42. The molecule has 1 aliphatic rings. The summed E-state index contributed by atoms with van der Waals surface area (Å²) in [5.41, 5.74) is 1.99. The van der Waals surface area contributed by atoms with Gasteiger partial charge >= 0.3 is 0 Å². The van der Waals surface area contributed by atoms with Crippen molar-refractivity contribution in [3.05, 3.63) is 23.8 Å². The van der Waals surface area contributed by atoms with Gasteiger partial charge in [0.1, 0.15) is 6.07 Å². The molecule has 0 radical (unpaired) electrons. The first-order valence-corrected chi connectivity index (χ1v) is 6.11. The number of carbonyl (C=O) groups excluding carboxylic acids is 1. The molecule has 18 heavy (non-hydrogen) atoms. The van der Waals surface area contributed by atoms with Crippen molar-refractivity contribution in [1.82, 2.24) is 0 Å². The number of hydrogen-bond acceptors (Lipinski definition) is 4. The van der Waals surface area contributed by atoms with Gasteiger partial charge in [-0.05, 0) is 37.0 Å². The van der Waals surface area contributed by atoms with E-state index >= 15 is 0 Å². The summed E-state index contributed by atoms with van der Waals surface area (Å²) >= 11 is 0. The zero-order valence-electron chi connectivity index (χ0n) is 10.4. The topological polar surface area (TPSA) is 56.5 Å². The first kappa shape index (κ1) is 12.3. The van der Waals surface area contributed by atoms with Gasteiger partial charge in [0, 0.05) is 13.1 Å². The first-order valence-electron chi connectivity index (χ1n) is 6.11. The molecule has 0 aliphatic carbocycles. The second-order valence-corrected chi connectivity index (χ2v) is 4.71. The molecule has 92 valence electrons. The Balaban J connectivity index is 2.32. The highest BCUT2D eigenvalue weighted by Crippen LogP contribution is 2.28. The number of hydrogen-bond donors (Lipinski definition) is 0. The molecule has 1 aromatic carbocycles. The maximum absolute atomic E-state index is 10.2. The molecule has 0 aromatic heterocycles. The van der Waals surface area contributed by atoms with Crippen LogP contribution >= 0.6 is 0 Å². The SMILES string of the molecule is CC1CCCN(c2ccc(N=C=O)cc2C#N)C1. The third kappa shape index (κ3) is 2.58. The molecule has 1 atom stereocenters. The lowest BCUT2D eigenvalue weighted by molar-refractivity contribution is 0.446. The van der Waals surface area contributed by atoms with Crippen molar-refractivity contribution in [2.24, 2.45) is 10.9 Å². The molecule has 0 saturated carbocycles. The third-order valence-corrected chi connectivity index (χ3v) is 3.27. The number of rotatable bonds is 2.